The molecule has 3 unspecified atom stereocenters. The number of aromatic nitrogens is 2. The Morgan fingerprint density at radius 2 is 2.13 bits per heavy atom. The standard InChI is InChI=1S/C24H30N4OS/c1-17-12-18(14-25-13-17)23(29)26-16-24-9-4-8-21(24)28(11-5-10-24)15-22-27-19-6-2-3-7-20(19)30-22/h2-3,6-7,12-14,21,23,26,29H,4-5,8-11,15-16H2,1H3. The number of para-hydroxylation sites is 1. The first-order valence-electron chi connectivity index (χ1n) is 11.0. The van der Waals surface area contributed by atoms with Crippen molar-refractivity contribution < 1.29 is 5.11 Å². The van der Waals surface area contributed by atoms with Gasteiger partial charge >= 0.3 is 0 Å². The predicted molar refractivity (Wildman–Crippen MR) is 121 cm³/mol. The molecule has 30 heavy (non-hydrogen) atoms. The molecule has 1 aliphatic heterocycles. The summed E-state index contributed by atoms with van der Waals surface area (Å²) in [6, 6.07) is 11.0. The van der Waals surface area contributed by atoms with E-state index >= 15 is 0 Å². The van der Waals surface area contributed by atoms with Gasteiger partial charge in [0.15, 0.2) is 0 Å². The summed E-state index contributed by atoms with van der Waals surface area (Å²) in [5.41, 5.74) is 3.28. The quantitative estimate of drug-likeness (QED) is 0.576. The molecule has 158 valence electrons. The molecule has 3 atom stereocenters. The number of benzene rings is 1. The summed E-state index contributed by atoms with van der Waals surface area (Å²) >= 11 is 1.83. The molecule has 6 heteroatoms. The largest absolute Gasteiger partial charge is 0.374 e. The lowest BCUT2D eigenvalue weighted by Gasteiger charge is -2.47. The van der Waals surface area contributed by atoms with Crippen LogP contribution in [0.4, 0.5) is 0 Å². The normalized spacial score (nSPS) is 25.5. The van der Waals surface area contributed by atoms with E-state index in [1.165, 1.54) is 41.8 Å². The fourth-order valence-electron chi connectivity index (χ4n) is 5.56. The molecular weight excluding hydrogens is 392 g/mol. The van der Waals surface area contributed by atoms with E-state index in [4.69, 9.17) is 4.98 Å². The number of piperidine rings is 1. The first-order chi connectivity index (χ1) is 14.6. The molecule has 1 aromatic carbocycles. The van der Waals surface area contributed by atoms with Gasteiger partial charge in [-0.15, -0.1) is 11.3 Å². The number of aryl methyl sites for hydroxylation is 1. The van der Waals surface area contributed by atoms with E-state index in [-0.39, 0.29) is 5.41 Å². The second-order valence-electron chi connectivity index (χ2n) is 9.00. The summed E-state index contributed by atoms with van der Waals surface area (Å²) in [5.74, 6) is 0. The van der Waals surface area contributed by atoms with Crippen LogP contribution in [-0.2, 0) is 6.54 Å². The Morgan fingerprint density at radius 3 is 3.00 bits per heavy atom. The molecule has 2 aromatic heterocycles. The minimum atomic E-state index is -0.660. The zero-order valence-electron chi connectivity index (χ0n) is 17.6. The summed E-state index contributed by atoms with van der Waals surface area (Å²) in [6.45, 7) is 4.95. The maximum Gasteiger partial charge on any atom is 0.132 e. The molecule has 1 saturated heterocycles. The molecule has 1 aliphatic carbocycles. The Bertz CT molecular complexity index is 988. The highest BCUT2D eigenvalue weighted by Gasteiger charge is 2.47. The number of likely N-dealkylation sites (tertiary alicyclic amines) is 1. The molecule has 0 amide bonds. The van der Waals surface area contributed by atoms with Gasteiger partial charge in [-0.05, 0) is 68.3 Å². The van der Waals surface area contributed by atoms with E-state index in [1.54, 1.807) is 6.20 Å². The average molecular weight is 423 g/mol. The van der Waals surface area contributed by atoms with Gasteiger partial charge in [0.05, 0.1) is 16.8 Å². The van der Waals surface area contributed by atoms with Crippen LogP contribution in [0.15, 0.2) is 42.7 Å². The molecule has 3 aromatic rings. The molecule has 5 rings (SSSR count). The Balaban J connectivity index is 1.29. The van der Waals surface area contributed by atoms with Crippen molar-refractivity contribution in [3.05, 3.63) is 58.9 Å². The second-order valence-corrected chi connectivity index (χ2v) is 10.1. The molecule has 2 fully saturated rings. The van der Waals surface area contributed by atoms with Gasteiger partial charge in [-0.25, -0.2) is 4.98 Å². The van der Waals surface area contributed by atoms with Gasteiger partial charge in [-0.3, -0.25) is 15.2 Å². The summed E-state index contributed by atoms with van der Waals surface area (Å²) in [4.78, 5) is 11.8. The molecule has 1 saturated carbocycles. The number of aliphatic hydroxyl groups excluding tert-OH is 1. The van der Waals surface area contributed by atoms with E-state index in [0.717, 1.165) is 36.3 Å². The minimum absolute atomic E-state index is 0.243. The van der Waals surface area contributed by atoms with Crippen LogP contribution >= 0.6 is 11.3 Å². The Labute approximate surface area is 182 Å². The first-order valence-corrected chi connectivity index (χ1v) is 11.9. The summed E-state index contributed by atoms with van der Waals surface area (Å²) in [7, 11) is 0. The molecular formula is C24H30N4OS. The van der Waals surface area contributed by atoms with Gasteiger partial charge < -0.3 is 5.11 Å². The maximum absolute atomic E-state index is 10.7. The monoisotopic (exact) mass is 422 g/mol. The predicted octanol–water partition coefficient (Wildman–Crippen LogP) is 4.42. The van der Waals surface area contributed by atoms with Crippen LogP contribution in [0.3, 0.4) is 0 Å². The van der Waals surface area contributed by atoms with Crippen molar-refractivity contribution in [2.45, 2.75) is 57.8 Å². The van der Waals surface area contributed by atoms with E-state index < -0.39 is 6.23 Å². The topological polar surface area (TPSA) is 61.3 Å². The smallest absolute Gasteiger partial charge is 0.132 e. The number of aliphatic hydroxyl groups is 1. The summed E-state index contributed by atoms with van der Waals surface area (Å²) in [6.07, 6.45) is 9.12. The number of rotatable bonds is 6. The highest BCUT2D eigenvalue weighted by molar-refractivity contribution is 7.18. The molecule has 0 spiro atoms. The number of fused-ring (bicyclic) bond motifs is 2. The van der Waals surface area contributed by atoms with Crippen LogP contribution in [-0.4, -0.2) is 39.1 Å². The zero-order chi connectivity index (χ0) is 20.6. The highest BCUT2D eigenvalue weighted by atomic mass is 32.1. The van der Waals surface area contributed by atoms with Crippen LogP contribution in [0.5, 0.6) is 0 Å². The third-order valence-corrected chi connectivity index (χ3v) is 7.98. The van der Waals surface area contributed by atoms with Gasteiger partial charge in [-0.1, -0.05) is 18.6 Å². The molecule has 5 nitrogen and oxygen atoms in total. The van der Waals surface area contributed by atoms with E-state index in [0.29, 0.717) is 6.04 Å². The lowest BCUT2D eigenvalue weighted by Crippen LogP contribution is -2.53. The van der Waals surface area contributed by atoms with E-state index in [1.807, 2.05) is 30.5 Å². The van der Waals surface area contributed by atoms with Crippen molar-refractivity contribution >= 4 is 21.6 Å². The summed E-state index contributed by atoms with van der Waals surface area (Å²) in [5, 5.41) is 15.4. The van der Waals surface area contributed by atoms with Crippen molar-refractivity contribution in [1.82, 2.24) is 20.2 Å². The number of hydrogen-bond donors (Lipinski definition) is 2. The summed E-state index contributed by atoms with van der Waals surface area (Å²) < 4.78 is 1.28. The maximum atomic E-state index is 10.7. The van der Waals surface area contributed by atoms with Crippen molar-refractivity contribution in [2.24, 2.45) is 5.41 Å². The zero-order valence-corrected chi connectivity index (χ0v) is 18.4. The molecule has 2 aliphatic rings. The number of hydrogen-bond acceptors (Lipinski definition) is 6. The molecule has 0 radical (unpaired) electrons. The fourth-order valence-corrected chi connectivity index (χ4v) is 6.56. The lowest BCUT2D eigenvalue weighted by atomic mass is 9.74. The van der Waals surface area contributed by atoms with Gasteiger partial charge in [0.25, 0.3) is 0 Å². The number of nitrogens with one attached hydrogen (secondary N) is 1. The van der Waals surface area contributed by atoms with Crippen LogP contribution in [0.2, 0.25) is 0 Å². The molecule has 0 bridgehead atoms. The highest BCUT2D eigenvalue weighted by Crippen LogP contribution is 2.48. The number of thiazole rings is 1. The second kappa shape index (κ2) is 8.35. The third kappa shape index (κ3) is 3.89. The van der Waals surface area contributed by atoms with Gasteiger partial charge in [0, 0.05) is 30.5 Å². The Morgan fingerprint density at radius 1 is 1.27 bits per heavy atom. The first kappa shape index (κ1) is 20.1. The van der Waals surface area contributed by atoms with Crippen molar-refractivity contribution in [3.63, 3.8) is 0 Å². The van der Waals surface area contributed by atoms with Crippen LogP contribution in [0.1, 0.15) is 54.5 Å². The molecule has 2 N–H and O–H groups in total. The van der Waals surface area contributed by atoms with Crippen molar-refractivity contribution in [2.75, 3.05) is 13.1 Å². The lowest BCUT2D eigenvalue weighted by molar-refractivity contribution is 0.0163. The number of pyridine rings is 1. The average Bonchev–Trinajstić information content (AvgIpc) is 3.36. The van der Waals surface area contributed by atoms with Crippen LogP contribution < -0.4 is 5.32 Å². The van der Waals surface area contributed by atoms with E-state index in [2.05, 4.69) is 39.5 Å². The van der Waals surface area contributed by atoms with Crippen LogP contribution in [0.25, 0.3) is 10.2 Å². The Hall–Kier alpha value is -1.86. The van der Waals surface area contributed by atoms with Crippen LogP contribution in [0, 0.1) is 12.3 Å². The third-order valence-electron chi connectivity index (χ3n) is 6.96. The Kier molecular flexibility index (Phi) is 5.58. The van der Waals surface area contributed by atoms with Crippen molar-refractivity contribution in [1.29, 1.82) is 0 Å². The van der Waals surface area contributed by atoms with Crippen molar-refractivity contribution in [3.8, 4) is 0 Å². The van der Waals surface area contributed by atoms with Gasteiger partial charge in [0.1, 0.15) is 11.2 Å². The molecule has 3 heterocycles. The van der Waals surface area contributed by atoms with Gasteiger partial charge in [0.2, 0.25) is 0 Å². The van der Waals surface area contributed by atoms with E-state index in [9.17, 15) is 5.11 Å². The number of nitrogens with zero attached hydrogens (tertiary/aromatic N) is 3. The fraction of sp³-hybridized carbons (Fsp3) is 0.500. The van der Waals surface area contributed by atoms with Gasteiger partial charge in [-0.2, -0.15) is 0 Å². The SMILES string of the molecule is Cc1cncc(C(O)NCC23CCCC2N(Cc2nc4ccccc4s2)CCC3)c1. The minimum Gasteiger partial charge on any atom is -0.374 e.